The highest BCUT2D eigenvalue weighted by atomic mass is 19.1. The number of aryl methyl sites for hydroxylation is 1. The lowest BCUT2D eigenvalue weighted by molar-refractivity contribution is 0.617. The summed E-state index contributed by atoms with van der Waals surface area (Å²) in [6.45, 7) is 1.74. The second-order valence-electron chi connectivity index (χ2n) is 5.07. The normalized spacial score (nSPS) is 13.3. The average Bonchev–Trinajstić information content (AvgIpc) is 2.46. The van der Waals surface area contributed by atoms with Crippen LogP contribution in [-0.2, 0) is 6.42 Å². The van der Waals surface area contributed by atoms with Crippen LogP contribution in [0.5, 0.6) is 0 Å². The zero-order valence-electron chi connectivity index (χ0n) is 11.2. The van der Waals surface area contributed by atoms with Gasteiger partial charge in [0.25, 0.3) is 5.56 Å². The fourth-order valence-corrected chi connectivity index (χ4v) is 2.55. The van der Waals surface area contributed by atoms with Crippen molar-refractivity contribution in [2.24, 2.45) is 0 Å². The largest absolute Gasteiger partial charge is 0.271 e. The quantitative estimate of drug-likeness (QED) is 0.890. The minimum atomic E-state index is -0.204. The van der Waals surface area contributed by atoms with Gasteiger partial charge in [-0.2, -0.15) is 5.10 Å². The number of halogens is 1. The summed E-state index contributed by atoms with van der Waals surface area (Å²) >= 11 is 0. The third kappa shape index (κ3) is 2.29. The molecule has 20 heavy (non-hydrogen) atoms. The number of fused-ring (bicyclic) bond motifs is 1. The van der Waals surface area contributed by atoms with Gasteiger partial charge >= 0.3 is 0 Å². The standard InChI is InChI=1S/C16H15FN2O/c1-10-8-11(6-7-14(10)17)9-15-12-4-2-3-5-13(12)16(20)19-18-15/h4-8H,2-3,9H2,1H3,(H,19,20). The van der Waals surface area contributed by atoms with Crippen LogP contribution in [0.1, 0.15) is 29.7 Å². The van der Waals surface area contributed by atoms with Gasteiger partial charge in [-0.15, -0.1) is 0 Å². The molecule has 0 aliphatic heterocycles. The van der Waals surface area contributed by atoms with Crippen molar-refractivity contribution in [3.63, 3.8) is 0 Å². The van der Waals surface area contributed by atoms with E-state index in [1.807, 2.05) is 12.1 Å². The third-order valence-corrected chi connectivity index (χ3v) is 3.60. The van der Waals surface area contributed by atoms with Gasteiger partial charge in [-0.3, -0.25) is 4.79 Å². The van der Waals surface area contributed by atoms with Gasteiger partial charge in [-0.1, -0.05) is 24.3 Å². The van der Waals surface area contributed by atoms with Crippen LogP contribution in [0.25, 0.3) is 12.2 Å². The molecule has 0 atom stereocenters. The predicted octanol–water partition coefficient (Wildman–Crippen LogP) is 1.16. The van der Waals surface area contributed by atoms with E-state index in [2.05, 4.69) is 16.3 Å². The van der Waals surface area contributed by atoms with E-state index in [0.29, 0.717) is 17.2 Å². The number of nitrogens with zero attached hydrogens (tertiary/aromatic N) is 1. The van der Waals surface area contributed by atoms with E-state index in [-0.39, 0.29) is 11.4 Å². The van der Waals surface area contributed by atoms with Crippen LogP contribution >= 0.6 is 0 Å². The van der Waals surface area contributed by atoms with Gasteiger partial charge in [0.2, 0.25) is 0 Å². The monoisotopic (exact) mass is 270 g/mol. The van der Waals surface area contributed by atoms with Gasteiger partial charge in [0, 0.05) is 16.9 Å². The smallest absolute Gasteiger partial charge is 0.267 e. The summed E-state index contributed by atoms with van der Waals surface area (Å²) in [4.78, 5) is 11.7. The first-order chi connectivity index (χ1) is 9.65. The summed E-state index contributed by atoms with van der Waals surface area (Å²) in [5.41, 5.74) is 2.30. The summed E-state index contributed by atoms with van der Waals surface area (Å²) in [6.07, 6.45) is 6.41. The molecule has 3 nitrogen and oxygen atoms in total. The first kappa shape index (κ1) is 12.8. The maximum absolute atomic E-state index is 13.3. The minimum absolute atomic E-state index is 0.144. The number of hydrogen-bond acceptors (Lipinski definition) is 2. The molecule has 1 aliphatic carbocycles. The Morgan fingerprint density at radius 2 is 2.00 bits per heavy atom. The Morgan fingerprint density at radius 3 is 2.75 bits per heavy atom. The Kier molecular flexibility index (Phi) is 3.22. The summed E-state index contributed by atoms with van der Waals surface area (Å²) < 4.78 is 13.3. The topological polar surface area (TPSA) is 45.8 Å². The van der Waals surface area contributed by atoms with Gasteiger partial charge in [0.1, 0.15) is 5.82 Å². The maximum Gasteiger partial charge on any atom is 0.271 e. The summed E-state index contributed by atoms with van der Waals surface area (Å²) in [6, 6.07) is 5.05. The van der Waals surface area contributed by atoms with Crippen LogP contribution in [-0.4, -0.2) is 10.2 Å². The van der Waals surface area contributed by atoms with Crippen LogP contribution in [0, 0.1) is 12.7 Å². The molecule has 1 N–H and O–H groups in total. The lowest BCUT2D eigenvalue weighted by Gasteiger charge is -2.06. The average molecular weight is 270 g/mol. The van der Waals surface area contributed by atoms with E-state index in [1.54, 1.807) is 13.0 Å². The number of rotatable bonds is 2. The number of nitrogens with one attached hydrogen (secondary N) is 1. The minimum Gasteiger partial charge on any atom is -0.267 e. The lowest BCUT2D eigenvalue weighted by atomic mass is 10.0. The van der Waals surface area contributed by atoms with Crippen LogP contribution in [0.15, 0.2) is 23.0 Å². The van der Waals surface area contributed by atoms with Gasteiger partial charge in [-0.25, -0.2) is 9.49 Å². The number of aromatic nitrogens is 2. The van der Waals surface area contributed by atoms with Crippen molar-refractivity contribution in [1.29, 1.82) is 0 Å². The number of benzene rings is 1. The number of H-pyrrole nitrogens is 1. The fraction of sp³-hybridized carbons (Fsp3) is 0.250. The molecule has 0 saturated heterocycles. The van der Waals surface area contributed by atoms with Crippen molar-refractivity contribution in [1.82, 2.24) is 10.2 Å². The second kappa shape index (κ2) is 5.04. The van der Waals surface area contributed by atoms with E-state index >= 15 is 0 Å². The molecule has 0 spiro atoms. The van der Waals surface area contributed by atoms with Gasteiger partial charge < -0.3 is 0 Å². The number of aromatic amines is 1. The van der Waals surface area contributed by atoms with Crippen LogP contribution in [0.4, 0.5) is 4.39 Å². The van der Waals surface area contributed by atoms with Crippen LogP contribution in [0.2, 0.25) is 0 Å². The van der Waals surface area contributed by atoms with Crippen LogP contribution < -0.4 is 16.0 Å². The zero-order valence-corrected chi connectivity index (χ0v) is 11.2. The molecule has 1 aromatic heterocycles. The first-order valence-electron chi connectivity index (χ1n) is 6.68. The molecule has 102 valence electrons. The van der Waals surface area contributed by atoms with E-state index in [1.165, 1.54) is 6.07 Å². The van der Waals surface area contributed by atoms with E-state index in [0.717, 1.165) is 29.3 Å². The zero-order chi connectivity index (χ0) is 14.1. The lowest BCUT2D eigenvalue weighted by Crippen LogP contribution is -2.45. The molecular weight excluding hydrogens is 255 g/mol. The molecule has 0 unspecified atom stereocenters. The second-order valence-corrected chi connectivity index (χ2v) is 5.07. The van der Waals surface area contributed by atoms with E-state index in [4.69, 9.17) is 0 Å². The van der Waals surface area contributed by atoms with Crippen molar-refractivity contribution < 1.29 is 4.39 Å². The predicted molar refractivity (Wildman–Crippen MR) is 76.2 cm³/mol. The summed E-state index contributed by atoms with van der Waals surface area (Å²) in [5.74, 6) is -0.204. The molecule has 0 amide bonds. The Labute approximate surface area is 115 Å². The molecule has 1 aromatic carbocycles. The fourth-order valence-electron chi connectivity index (χ4n) is 2.55. The molecule has 2 aromatic rings. The van der Waals surface area contributed by atoms with Crippen molar-refractivity contribution in [2.75, 3.05) is 0 Å². The Bertz CT molecular complexity index is 837. The third-order valence-electron chi connectivity index (χ3n) is 3.60. The molecule has 0 radical (unpaired) electrons. The Morgan fingerprint density at radius 1 is 1.25 bits per heavy atom. The van der Waals surface area contributed by atoms with Crippen molar-refractivity contribution in [2.45, 2.75) is 26.2 Å². The highest BCUT2D eigenvalue weighted by molar-refractivity contribution is 5.39. The van der Waals surface area contributed by atoms with Gasteiger partial charge in [-0.05, 0) is 37.0 Å². The van der Waals surface area contributed by atoms with Gasteiger partial charge in [0.15, 0.2) is 0 Å². The molecule has 1 heterocycles. The van der Waals surface area contributed by atoms with E-state index in [9.17, 15) is 9.18 Å². The highest BCUT2D eigenvalue weighted by Crippen LogP contribution is 2.11. The van der Waals surface area contributed by atoms with Crippen LogP contribution in [0.3, 0.4) is 0 Å². The van der Waals surface area contributed by atoms with E-state index < -0.39 is 0 Å². The van der Waals surface area contributed by atoms with Crippen molar-refractivity contribution >= 4 is 12.2 Å². The van der Waals surface area contributed by atoms with Crippen molar-refractivity contribution in [3.05, 3.63) is 61.6 Å². The highest BCUT2D eigenvalue weighted by Gasteiger charge is 2.07. The summed E-state index contributed by atoms with van der Waals surface area (Å²) in [5, 5.41) is 8.33. The Balaban J connectivity index is 2.09. The molecule has 4 heteroatoms. The molecule has 0 saturated carbocycles. The van der Waals surface area contributed by atoms with Gasteiger partial charge in [0.05, 0.1) is 5.69 Å². The maximum atomic E-state index is 13.3. The SMILES string of the molecule is Cc1cc(Cc2n[nH]c(=O)c3c2=CCCC=3)ccc1F. The molecule has 0 bridgehead atoms. The first-order valence-corrected chi connectivity index (χ1v) is 6.68. The summed E-state index contributed by atoms with van der Waals surface area (Å²) in [7, 11) is 0. The Hall–Kier alpha value is -2.23. The molecular formula is C16H15FN2O. The molecule has 3 rings (SSSR count). The van der Waals surface area contributed by atoms with Crippen molar-refractivity contribution in [3.8, 4) is 0 Å². The number of hydrogen-bond donors (Lipinski definition) is 1. The molecule has 0 fully saturated rings. The molecule has 1 aliphatic rings.